The van der Waals surface area contributed by atoms with Crippen LogP contribution in [-0.4, -0.2) is 140 Å². The molecule has 38 heavy (non-hydrogen) atoms. The van der Waals surface area contributed by atoms with E-state index in [-0.39, 0.29) is 88.9 Å². The number of halogens is 6. The summed E-state index contributed by atoms with van der Waals surface area (Å²) in [7, 11) is 0. The van der Waals surface area contributed by atoms with Gasteiger partial charge in [-0.1, -0.05) is 0 Å². The zero-order chi connectivity index (χ0) is 27.5. The summed E-state index contributed by atoms with van der Waals surface area (Å²) < 4.78 is 2.10. The Morgan fingerprint density at radius 3 is 1.05 bits per heavy atom. The molecule has 2 radical (unpaired) electrons. The van der Waals surface area contributed by atoms with Gasteiger partial charge in [0.05, 0.1) is 63.9 Å². The Kier molecular flexibility index (Phi) is 20.5. The molecule has 0 saturated heterocycles. The first-order valence-corrected chi connectivity index (χ1v) is 16.2. The van der Waals surface area contributed by atoms with E-state index in [9.17, 15) is 40.2 Å². The van der Waals surface area contributed by atoms with Crippen molar-refractivity contribution in [1.82, 2.24) is 10.6 Å². The van der Waals surface area contributed by atoms with Crippen LogP contribution < -0.4 is 10.6 Å². The molecule has 8 N–H and O–H groups in total. The molecule has 2 amide bonds. The summed E-state index contributed by atoms with van der Waals surface area (Å²) in [5.74, 6) is -1.62. The maximum atomic E-state index is 13.1. The molecule has 0 spiro atoms. The molecule has 0 unspecified atom stereocenters. The van der Waals surface area contributed by atoms with Crippen LogP contribution in [0.15, 0.2) is 0 Å². The van der Waals surface area contributed by atoms with E-state index in [1.54, 1.807) is 0 Å². The normalized spacial score (nSPS) is 10.7. The SMILES string of the molecule is O=C(NC(CO)CO)c1c(I)c(O)c(I)c(-c2c(I)c(O)c(I)c(C(=O)NC(CO)CO)c2I)c1I.[Na].[Na]. The Morgan fingerprint density at radius 1 is 0.553 bits per heavy atom. The number of hydrogen-bond donors (Lipinski definition) is 8. The summed E-state index contributed by atoms with van der Waals surface area (Å²) >= 11 is 11.4. The Labute approximate surface area is 344 Å². The topological polar surface area (TPSA) is 180 Å². The summed E-state index contributed by atoms with van der Waals surface area (Å²) in [6.07, 6.45) is 0. The molecule has 2 aromatic rings. The zero-order valence-corrected chi connectivity index (χ0v) is 36.7. The van der Waals surface area contributed by atoms with E-state index in [1.807, 2.05) is 136 Å². The molecule has 0 aliphatic carbocycles. The molecule has 0 heterocycles. The predicted molar refractivity (Wildman–Crippen MR) is 194 cm³/mol. The van der Waals surface area contributed by atoms with Gasteiger partial charge in [0.2, 0.25) is 0 Å². The number of carbonyl (C=O) groups is 2. The van der Waals surface area contributed by atoms with Crippen LogP contribution in [-0.2, 0) is 0 Å². The van der Waals surface area contributed by atoms with Gasteiger partial charge in [0.25, 0.3) is 11.8 Å². The first-order chi connectivity index (χ1) is 16.9. The van der Waals surface area contributed by atoms with Gasteiger partial charge >= 0.3 is 0 Å². The van der Waals surface area contributed by atoms with Gasteiger partial charge in [0, 0.05) is 77.4 Å². The quantitative estimate of drug-likeness (QED) is 0.139. The second-order valence-corrected chi connectivity index (χ2v) is 13.6. The number of aliphatic hydroxyl groups excluding tert-OH is 4. The van der Waals surface area contributed by atoms with Crippen molar-refractivity contribution in [2.75, 3.05) is 26.4 Å². The van der Waals surface area contributed by atoms with E-state index in [1.165, 1.54) is 0 Å². The number of aliphatic hydroxyl groups is 4. The van der Waals surface area contributed by atoms with E-state index in [0.717, 1.165) is 0 Å². The van der Waals surface area contributed by atoms with Crippen molar-refractivity contribution >= 4 is 206 Å². The number of benzene rings is 2. The number of aromatic hydroxyl groups is 2. The molecular formula is C20H18I6N2Na2O8. The fourth-order valence-electron chi connectivity index (χ4n) is 2.95. The first kappa shape index (κ1) is 41.2. The average Bonchev–Trinajstić information content (AvgIpc) is 2.85. The van der Waals surface area contributed by atoms with E-state index in [2.05, 4.69) is 10.6 Å². The van der Waals surface area contributed by atoms with Gasteiger partial charge < -0.3 is 41.3 Å². The molecule has 0 aliphatic rings. The fourth-order valence-corrected chi connectivity index (χ4v) is 11.3. The largest absolute Gasteiger partial charge is 0.506 e. The smallest absolute Gasteiger partial charge is 0.253 e. The third-order valence-electron chi connectivity index (χ3n) is 4.84. The zero-order valence-electron chi connectivity index (χ0n) is 19.8. The molecule has 0 fully saturated rings. The van der Waals surface area contributed by atoms with Crippen molar-refractivity contribution in [2.24, 2.45) is 0 Å². The number of phenols is 2. The molecule has 200 valence electrons. The molecule has 0 aromatic heterocycles. The average molecular weight is 1220 g/mol. The van der Waals surface area contributed by atoms with Gasteiger partial charge in [-0.25, -0.2) is 0 Å². The van der Waals surface area contributed by atoms with Crippen LogP contribution in [0, 0.1) is 21.4 Å². The Hall–Kier alpha value is 3.20. The number of rotatable bonds is 9. The third-order valence-corrected chi connectivity index (χ3v) is 11.2. The van der Waals surface area contributed by atoms with Gasteiger partial charge in [-0.05, 0) is 136 Å². The molecule has 0 aliphatic heterocycles. The minimum Gasteiger partial charge on any atom is -0.506 e. The summed E-state index contributed by atoms with van der Waals surface area (Å²) in [4.78, 5) is 26.2. The maximum Gasteiger partial charge on any atom is 0.253 e. The third kappa shape index (κ3) is 9.12. The van der Waals surface area contributed by atoms with Crippen molar-refractivity contribution in [3.8, 4) is 22.6 Å². The molecule has 0 saturated carbocycles. The van der Waals surface area contributed by atoms with Crippen molar-refractivity contribution < 1.29 is 40.2 Å². The molecular weight excluding hydrogens is 1200 g/mol. The van der Waals surface area contributed by atoms with E-state index >= 15 is 0 Å². The van der Waals surface area contributed by atoms with Gasteiger partial charge in [-0.2, -0.15) is 0 Å². The number of nitrogens with one attached hydrogen (secondary N) is 2. The minimum absolute atomic E-state index is 0. The van der Waals surface area contributed by atoms with Crippen LogP contribution >= 0.6 is 136 Å². The molecule has 0 bridgehead atoms. The number of phenolic OH excluding ortho intramolecular Hbond substituents is 2. The Morgan fingerprint density at radius 2 is 0.816 bits per heavy atom. The summed E-state index contributed by atoms with van der Waals surface area (Å²) in [6, 6.07) is -1.81. The van der Waals surface area contributed by atoms with Gasteiger partial charge in [-0.15, -0.1) is 0 Å². The van der Waals surface area contributed by atoms with Crippen molar-refractivity contribution in [2.45, 2.75) is 12.1 Å². The molecule has 0 atom stereocenters. The molecule has 18 heteroatoms. The Bertz CT molecular complexity index is 1110. The van der Waals surface area contributed by atoms with Crippen LogP contribution in [0.4, 0.5) is 0 Å². The van der Waals surface area contributed by atoms with Crippen molar-refractivity contribution in [1.29, 1.82) is 0 Å². The first-order valence-electron chi connectivity index (χ1n) is 9.71. The van der Waals surface area contributed by atoms with Gasteiger partial charge in [0.1, 0.15) is 11.5 Å². The standard InChI is InChI=1S/C20H18I6N2O8.2Na/c21-11-7(13(23)17(33)15(25)9(11)19(35)27-5(1-29)2-30)8-12(22)10(16(26)18(34)14(8)24)20(36)28-6(3-31)4-32;;/h5-6,29-34H,1-4H2,(H,27,35)(H,28,36);;. The van der Waals surface area contributed by atoms with Crippen LogP contribution in [0.5, 0.6) is 11.5 Å². The van der Waals surface area contributed by atoms with Crippen LogP contribution in [0.2, 0.25) is 0 Å². The van der Waals surface area contributed by atoms with E-state index < -0.39 is 50.3 Å². The van der Waals surface area contributed by atoms with Crippen molar-refractivity contribution in [3.63, 3.8) is 0 Å². The monoisotopic (exact) mass is 1220 g/mol. The minimum atomic E-state index is -0.905. The molecule has 2 rings (SSSR count). The molecule has 2 aromatic carbocycles. The fraction of sp³-hybridized carbons (Fsp3) is 0.300. The van der Waals surface area contributed by atoms with Crippen LogP contribution in [0.25, 0.3) is 11.1 Å². The summed E-state index contributed by atoms with van der Waals surface area (Å²) in [5.41, 5.74) is 1.01. The molecule has 10 nitrogen and oxygen atoms in total. The Balaban J connectivity index is 0.00000684. The second kappa shape index (κ2) is 18.9. The van der Waals surface area contributed by atoms with Crippen LogP contribution in [0.3, 0.4) is 0 Å². The number of amides is 2. The van der Waals surface area contributed by atoms with Gasteiger partial charge in [-0.3, -0.25) is 9.59 Å². The van der Waals surface area contributed by atoms with Crippen LogP contribution in [0.1, 0.15) is 20.7 Å². The van der Waals surface area contributed by atoms with E-state index in [4.69, 9.17) is 0 Å². The summed E-state index contributed by atoms with van der Waals surface area (Å²) in [5, 5.41) is 64.4. The number of hydrogen-bond acceptors (Lipinski definition) is 8. The number of carbonyl (C=O) groups excluding carboxylic acids is 2. The second-order valence-electron chi connectivity index (χ2n) is 7.15. The van der Waals surface area contributed by atoms with Gasteiger partial charge in [0.15, 0.2) is 0 Å². The predicted octanol–water partition coefficient (Wildman–Crippen LogP) is 1.80. The van der Waals surface area contributed by atoms with Crippen molar-refractivity contribution in [3.05, 3.63) is 32.5 Å². The van der Waals surface area contributed by atoms with E-state index in [0.29, 0.717) is 25.4 Å². The maximum absolute atomic E-state index is 13.1. The summed E-state index contributed by atoms with van der Waals surface area (Å²) in [6.45, 7) is -1.94.